The monoisotopic (exact) mass is 230 g/mol. The van der Waals surface area contributed by atoms with Crippen LogP contribution in [0.2, 0.25) is 0 Å². The largest absolute Gasteiger partial charge is 0.454 e. The number of hydrogen-bond acceptors (Lipinski definition) is 4. The molecule has 0 amide bonds. The third kappa shape index (κ3) is 6.45. The Hall–Kier alpha value is -1.03. The van der Waals surface area contributed by atoms with Crippen molar-refractivity contribution >= 4 is 5.97 Å². The van der Waals surface area contributed by atoms with Crippen molar-refractivity contribution in [2.75, 3.05) is 0 Å². The molecule has 0 aliphatic heterocycles. The van der Waals surface area contributed by atoms with Gasteiger partial charge in [-0.05, 0) is 47.6 Å². The molecule has 0 heterocycles. The summed E-state index contributed by atoms with van der Waals surface area (Å²) in [5.74, 6) is -0.754. The zero-order valence-corrected chi connectivity index (χ0v) is 11.0. The van der Waals surface area contributed by atoms with Crippen LogP contribution >= 0.6 is 0 Å². The topological polar surface area (TPSA) is 44.8 Å². The van der Waals surface area contributed by atoms with Gasteiger partial charge in [0.25, 0.3) is 0 Å². The van der Waals surface area contributed by atoms with Gasteiger partial charge in [0.05, 0.1) is 0 Å². The maximum absolute atomic E-state index is 11.4. The molecule has 0 radical (unpaired) electrons. The van der Waals surface area contributed by atoms with E-state index in [1.54, 1.807) is 20.8 Å². The summed E-state index contributed by atoms with van der Waals surface area (Å²) in [7, 11) is 0. The van der Waals surface area contributed by atoms with Crippen molar-refractivity contribution in [2.45, 2.75) is 59.2 Å². The molecule has 0 spiro atoms. The molecule has 0 bridgehead atoms. The first kappa shape index (κ1) is 15.0. The number of rotatable bonds is 5. The molecule has 4 heteroatoms. The van der Waals surface area contributed by atoms with E-state index in [1.807, 2.05) is 20.8 Å². The van der Waals surface area contributed by atoms with E-state index in [0.29, 0.717) is 0 Å². The number of carbonyl (C=O) groups is 1. The van der Waals surface area contributed by atoms with Gasteiger partial charge in [-0.1, -0.05) is 6.92 Å². The summed E-state index contributed by atoms with van der Waals surface area (Å²) in [5.41, 5.74) is -1.02. The first-order valence-electron chi connectivity index (χ1n) is 5.35. The van der Waals surface area contributed by atoms with E-state index in [1.165, 1.54) is 0 Å². The Balaban J connectivity index is 4.13. The lowest BCUT2D eigenvalue weighted by atomic mass is 10.1. The molecule has 0 saturated carbocycles. The summed E-state index contributed by atoms with van der Waals surface area (Å²) < 4.78 is 5.05. The second kappa shape index (κ2) is 5.34. The molecule has 16 heavy (non-hydrogen) atoms. The lowest BCUT2D eigenvalue weighted by molar-refractivity contribution is -0.326. The van der Waals surface area contributed by atoms with E-state index in [4.69, 9.17) is 14.5 Å². The molecular weight excluding hydrogens is 208 g/mol. The van der Waals surface area contributed by atoms with Gasteiger partial charge in [0.2, 0.25) is 5.76 Å². The SMILES string of the molecule is C=C(OOC(C)(C)CC)C(=O)OC(C)(C)C. The fourth-order valence-corrected chi connectivity index (χ4v) is 0.591. The van der Waals surface area contributed by atoms with E-state index >= 15 is 0 Å². The van der Waals surface area contributed by atoms with Crippen molar-refractivity contribution < 1.29 is 19.3 Å². The van der Waals surface area contributed by atoms with Gasteiger partial charge >= 0.3 is 5.97 Å². The third-order valence-corrected chi connectivity index (χ3v) is 1.85. The Bertz CT molecular complexity index is 261. The molecule has 0 aromatic rings. The molecule has 0 saturated heterocycles. The van der Waals surface area contributed by atoms with Crippen LogP contribution in [0.4, 0.5) is 0 Å². The minimum absolute atomic E-state index is 0.142. The van der Waals surface area contributed by atoms with Crippen LogP contribution in [-0.4, -0.2) is 17.2 Å². The summed E-state index contributed by atoms with van der Waals surface area (Å²) in [4.78, 5) is 21.3. The van der Waals surface area contributed by atoms with Crippen LogP contribution in [0.25, 0.3) is 0 Å². The minimum Gasteiger partial charge on any atom is -0.454 e. The summed E-state index contributed by atoms with van der Waals surface area (Å²) >= 11 is 0. The van der Waals surface area contributed by atoms with Crippen LogP contribution in [0.5, 0.6) is 0 Å². The molecule has 94 valence electrons. The van der Waals surface area contributed by atoms with Crippen molar-refractivity contribution in [1.82, 2.24) is 0 Å². The maximum Gasteiger partial charge on any atom is 0.377 e. The lowest BCUT2D eigenvalue weighted by Crippen LogP contribution is -2.28. The average molecular weight is 230 g/mol. The minimum atomic E-state index is -0.612. The molecule has 0 aromatic carbocycles. The van der Waals surface area contributed by atoms with Crippen molar-refractivity contribution in [3.63, 3.8) is 0 Å². The summed E-state index contributed by atoms with van der Waals surface area (Å²) in [6, 6.07) is 0. The fourth-order valence-electron chi connectivity index (χ4n) is 0.591. The quantitative estimate of drug-likeness (QED) is 0.239. The van der Waals surface area contributed by atoms with Crippen molar-refractivity contribution in [2.24, 2.45) is 0 Å². The van der Waals surface area contributed by atoms with E-state index in [2.05, 4.69) is 6.58 Å². The van der Waals surface area contributed by atoms with Crippen LogP contribution in [0.1, 0.15) is 48.0 Å². The molecule has 0 N–H and O–H groups in total. The van der Waals surface area contributed by atoms with Gasteiger partial charge in [-0.2, -0.15) is 4.89 Å². The standard InChI is InChI=1S/C12H22O4/c1-8-12(6,7)16-15-9(2)10(13)14-11(3,4)5/h2,8H2,1,3-7H3. The van der Waals surface area contributed by atoms with Gasteiger partial charge in [-0.25, -0.2) is 4.79 Å². The molecular formula is C12H22O4. The molecule has 0 fully saturated rings. The highest BCUT2D eigenvalue weighted by molar-refractivity contribution is 5.85. The van der Waals surface area contributed by atoms with Crippen molar-refractivity contribution in [1.29, 1.82) is 0 Å². The second-order valence-corrected chi connectivity index (χ2v) is 5.20. The Morgan fingerprint density at radius 3 is 2.06 bits per heavy atom. The maximum atomic E-state index is 11.4. The molecule has 0 atom stereocenters. The van der Waals surface area contributed by atoms with Gasteiger partial charge in [0, 0.05) is 0 Å². The molecule has 4 nitrogen and oxygen atoms in total. The van der Waals surface area contributed by atoms with Crippen LogP contribution in [0.3, 0.4) is 0 Å². The fraction of sp³-hybridized carbons (Fsp3) is 0.750. The summed E-state index contributed by atoms with van der Waals surface area (Å²) in [5, 5.41) is 0. The first-order valence-corrected chi connectivity index (χ1v) is 5.35. The van der Waals surface area contributed by atoms with Crippen LogP contribution in [0, 0.1) is 0 Å². The highest BCUT2D eigenvalue weighted by Crippen LogP contribution is 2.17. The van der Waals surface area contributed by atoms with Crippen LogP contribution in [-0.2, 0) is 19.3 Å². The first-order chi connectivity index (χ1) is 7.07. The highest BCUT2D eigenvalue weighted by atomic mass is 17.2. The highest BCUT2D eigenvalue weighted by Gasteiger charge is 2.23. The Kier molecular flexibility index (Phi) is 5.00. The van der Waals surface area contributed by atoms with E-state index in [-0.39, 0.29) is 5.76 Å². The predicted molar refractivity (Wildman–Crippen MR) is 61.5 cm³/mol. The molecule has 0 aliphatic rings. The van der Waals surface area contributed by atoms with E-state index in [0.717, 1.165) is 6.42 Å². The number of ether oxygens (including phenoxy) is 1. The van der Waals surface area contributed by atoms with Crippen LogP contribution < -0.4 is 0 Å². The number of esters is 1. The Morgan fingerprint density at radius 2 is 1.69 bits per heavy atom. The Morgan fingerprint density at radius 1 is 1.19 bits per heavy atom. The molecule has 0 unspecified atom stereocenters. The zero-order valence-electron chi connectivity index (χ0n) is 11.0. The second-order valence-electron chi connectivity index (χ2n) is 5.20. The smallest absolute Gasteiger partial charge is 0.377 e. The zero-order chi connectivity index (χ0) is 13.0. The van der Waals surface area contributed by atoms with Gasteiger partial charge < -0.3 is 9.62 Å². The van der Waals surface area contributed by atoms with E-state index in [9.17, 15) is 4.79 Å². The lowest BCUT2D eigenvalue weighted by Gasteiger charge is -2.23. The number of hydrogen-bond donors (Lipinski definition) is 0. The molecule has 0 aromatic heterocycles. The van der Waals surface area contributed by atoms with Crippen molar-refractivity contribution in [3.8, 4) is 0 Å². The summed E-state index contributed by atoms with van der Waals surface area (Å²) in [6.07, 6.45) is 0.759. The Labute approximate surface area is 97.5 Å². The van der Waals surface area contributed by atoms with Crippen molar-refractivity contribution in [3.05, 3.63) is 12.3 Å². The van der Waals surface area contributed by atoms with E-state index < -0.39 is 17.2 Å². The summed E-state index contributed by atoms with van der Waals surface area (Å²) in [6.45, 7) is 14.4. The molecule has 0 aliphatic carbocycles. The average Bonchev–Trinajstić information content (AvgIpc) is 2.11. The van der Waals surface area contributed by atoms with Crippen LogP contribution in [0.15, 0.2) is 12.3 Å². The van der Waals surface area contributed by atoms with Gasteiger partial charge in [0.1, 0.15) is 11.2 Å². The third-order valence-electron chi connectivity index (χ3n) is 1.85. The predicted octanol–water partition coefficient (Wildman–Crippen LogP) is 2.98. The van der Waals surface area contributed by atoms with Gasteiger partial charge in [-0.15, -0.1) is 0 Å². The normalized spacial score (nSPS) is 12.1. The van der Waals surface area contributed by atoms with Gasteiger partial charge in [-0.3, -0.25) is 0 Å². The number of carbonyl (C=O) groups excluding carboxylic acids is 1. The van der Waals surface area contributed by atoms with Gasteiger partial charge in [0.15, 0.2) is 0 Å². The molecule has 0 rings (SSSR count).